The molecule has 1 fully saturated rings. The maximum atomic E-state index is 13.0. The van der Waals surface area contributed by atoms with Gasteiger partial charge in [0, 0.05) is 43.0 Å². The zero-order valence-corrected chi connectivity index (χ0v) is 16.3. The second kappa shape index (κ2) is 8.20. The molecular formula is C21H26N2O4. The van der Waals surface area contributed by atoms with Crippen molar-refractivity contribution in [1.29, 1.82) is 0 Å². The first-order valence-electron chi connectivity index (χ1n) is 8.98. The Bertz CT molecular complexity index is 771. The van der Waals surface area contributed by atoms with Gasteiger partial charge in [-0.2, -0.15) is 0 Å². The lowest BCUT2D eigenvalue weighted by Crippen LogP contribution is -2.48. The molecule has 144 valence electrons. The van der Waals surface area contributed by atoms with Crippen LogP contribution in [0.1, 0.15) is 15.9 Å². The molecule has 0 N–H and O–H groups in total. The fraction of sp³-hybridized carbons (Fsp3) is 0.381. The highest BCUT2D eigenvalue weighted by Crippen LogP contribution is 2.30. The van der Waals surface area contributed by atoms with Crippen LogP contribution >= 0.6 is 0 Å². The Labute approximate surface area is 160 Å². The zero-order valence-electron chi connectivity index (χ0n) is 16.3. The average molecular weight is 370 g/mol. The minimum atomic E-state index is 0.000908. The standard InChI is InChI=1S/C21H26N2O4/c1-15-19(26-3)13-16(14-20(15)27-4)21(24)23-11-9-22(10-12-23)17-5-7-18(25-2)8-6-17/h5-8,13-14H,9-12H2,1-4H3. The van der Waals surface area contributed by atoms with E-state index in [2.05, 4.69) is 4.90 Å². The first-order chi connectivity index (χ1) is 13.1. The summed E-state index contributed by atoms with van der Waals surface area (Å²) >= 11 is 0. The molecule has 3 rings (SSSR count). The first kappa shape index (κ1) is 18.9. The zero-order chi connectivity index (χ0) is 19.4. The Morgan fingerprint density at radius 1 is 0.852 bits per heavy atom. The summed E-state index contributed by atoms with van der Waals surface area (Å²) in [6.45, 7) is 4.84. The Morgan fingerprint density at radius 3 is 1.89 bits per heavy atom. The van der Waals surface area contributed by atoms with Crippen LogP contribution in [0.2, 0.25) is 0 Å². The van der Waals surface area contributed by atoms with Crippen molar-refractivity contribution in [2.75, 3.05) is 52.4 Å². The predicted octanol–water partition coefficient (Wildman–Crippen LogP) is 2.98. The number of piperazine rings is 1. The van der Waals surface area contributed by atoms with Gasteiger partial charge in [-0.05, 0) is 43.3 Å². The lowest BCUT2D eigenvalue weighted by Gasteiger charge is -2.36. The number of nitrogens with zero attached hydrogens (tertiary/aromatic N) is 2. The highest BCUT2D eigenvalue weighted by Gasteiger charge is 2.24. The molecular weight excluding hydrogens is 344 g/mol. The molecule has 6 nitrogen and oxygen atoms in total. The summed E-state index contributed by atoms with van der Waals surface area (Å²) in [7, 11) is 4.86. The van der Waals surface area contributed by atoms with Gasteiger partial charge < -0.3 is 24.0 Å². The SMILES string of the molecule is COc1ccc(N2CCN(C(=O)c3cc(OC)c(C)c(OC)c3)CC2)cc1. The number of methoxy groups -OCH3 is 3. The number of carbonyl (C=O) groups is 1. The molecule has 0 radical (unpaired) electrons. The van der Waals surface area contributed by atoms with E-state index >= 15 is 0 Å². The van der Waals surface area contributed by atoms with E-state index in [9.17, 15) is 4.79 Å². The second-order valence-electron chi connectivity index (χ2n) is 6.48. The fourth-order valence-corrected chi connectivity index (χ4v) is 3.35. The van der Waals surface area contributed by atoms with Crippen LogP contribution in [-0.2, 0) is 0 Å². The summed E-state index contributed by atoms with van der Waals surface area (Å²) in [5, 5.41) is 0. The number of amides is 1. The quantitative estimate of drug-likeness (QED) is 0.810. The van der Waals surface area contributed by atoms with Gasteiger partial charge in [-0.25, -0.2) is 0 Å². The predicted molar refractivity (Wildman–Crippen MR) is 105 cm³/mol. The Balaban J connectivity index is 1.69. The summed E-state index contributed by atoms with van der Waals surface area (Å²) in [5.41, 5.74) is 2.62. The van der Waals surface area contributed by atoms with Crippen LogP contribution in [0.3, 0.4) is 0 Å². The number of anilines is 1. The number of rotatable bonds is 5. The highest BCUT2D eigenvalue weighted by atomic mass is 16.5. The Morgan fingerprint density at radius 2 is 1.41 bits per heavy atom. The molecule has 0 aliphatic carbocycles. The number of benzene rings is 2. The summed E-state index contributed by atoms with van der Waals surface area (Å²) in [5.74, 6) is 2.17. The molecule has 0 atom stereocenters. The van der Waals surface area contributed by atoms with Crippen LogP contribution in [0.25, 0.3) is 0 Å². The van der Waals surface area contributed by atoms with Gasteiger partial charge >= 0.3 is 0 Å². The third-order valence-electron chi connectivity index (χ3n) is 5.00. The Hall–Kier alpha value is -2.89. The second-order valence-corrected chi connectivity index (χ2v) is 6.48. The van der Waals surface area contributed by atoms with E-state index in [0.29, 0.717) is 30.2 Å². The number of hydrogen-bond donors (Lipinski definition) is 0. The maximum Gasteiger partial charge on any atom is 0.254 e. The maximum absolute atomic E-state index is 13.0. The minimum Gasteiger partial charge on any atom is -0.497 e. The largest absolute Gasteiger partial charge is 0.497 e. The van der Waals surface area contributed by atoms with Crippen LogP contribution in [-0.4, -0.2) is 58.3 Å². The molecule has 2 aromatic rings. The third kappa shape index (κ3) is 3.94. The molecule has 27 heavy (non-hydrogen) atoms. The van der Waals surface area contributed by atoms with Crippen molar-refractivity contribution in [1.82, 2.24) is 4.90 Å². The highest BCUT2D eigenvalue weighted by molar-refractivity contribution is 5.95. The summed E-state index contributed by atoms with van der Waals surface area (Å²) in [6.07, 6.45) is 0. The molecule has 0 spiro atoms. The number of ether oxygens (including phenoxy) is 3. The van der Waals surface area contributed by atoms with Crippen LogP contribution < -0.4 is 19.1 Å². The lowest BCUT2D eigenvalue weighted by atomic mass is 10.1. The smallest absolute Gasteiger partial charge is 0.254 e. The third-order valence-corrected chi connectivity index (χ3v) is 5.00. The molecule has 0 bridgehead atoms. The molecule has 6 heteroatoms. The van der Waals surface area contributed by atoms with Crippen molar-refractivity contribution in [3.8, 4) is 17.2 Å². The van der Waals surface area contributed by atoms with Gasteiger partial charge in [-0.1, -0.05) is 0 Å². The van der Waals surface area contributed by atoms with E-state index in [1.165, 1.54) is 0 Å². The van der Waals surface area contributed by atoms with E-state index in [-0.39, 0.29) is 5.91 Å². The minimum absolute atomic E-state index is 0.000908. The van der Waals surface area contributed by atoms with Gasteiger partial charge in [0.2, 0.25) is 0 Å². The summed E-state index contributed by atoms with van der Waals surface area (Å²) in [4.78, 5) is 17.1. The van der Waals surface area contributed by atoms with Crippen molar-refractivity contribution in [3.05, 3.63) is 47.5 Å². The molecule has 2 aromatic carbocycles. The molecule has 1 aliphatic heterocycles. The number of hydrogen-bond acceptors (Lipinski definition) is 5. The van der Waals surface area contributed by atoms with Gasteiger partial charge in [-0.3, -0.25) is 4.79 Å². The first-order valence-corrected chi connectivity index (χ1v) is 8.98. The monoisotopic (exact) mass is 370 g/mol. The molecule has 0 unspecified atom stereocenters. The van der Waals surface area contributed by atoms with E-state index in [0.717, 1.165) is 30.1 Å². The van der Waals surface area contributed by atoms with Gasteiger partial charge in [-0.15, -0.1) is 0 Å². The molecule has 1 amide bonds. The van der Waals surface area contributed by atoms with E-state index in [1.54, 1.807) is 33.5 Å². The van der Waals surface area contributed by atoms with E-state index in [1.807, 2.05) is 36.1 Å². The van der Waals surface area contributed by atoms with Crippen LogP contribution in [0.15, 0.2) is 36.4 Å². The van der Waals surface area contributed by atoms with Gasteiger partial charge in [0.15, 0.2) is 0 Å². The van der Waals surface area contributed by atoms with Crippen molar-refractivity contribution in [2.45, 2.75) is 6.92 Å². The van der Waals surface area contributed by atoms with E-state index in [4.69, 9.17) is 14.2 Å². The van der Waals surface area contributed by atoms with Gasteiger partial charge in [0.05, 0.1) is 21.3 Å². The van der Waals surface area contributed by atoms with Crippen LogP contribution in [0.4, 0.5) is 5.69 Å². The lowest BCUT2D eigenvalue weighted by molar-refractivity contribution is 0.0746. The van der Waals surface area contributed by atoms with Crippen molar-refractivity contribution < 1.29 is 19.0 Å². The molecule has 0 aromatic heterocycles. The molecule has 1 heterocycles. The average Bonchev–Trinajstić information content (AvgIpc) is 2.73. The topological polar surface area (TPSA) is 51.2 Å². The number of carbonyl (C=O) groups excluding carboxylic acids is 1. The fourth-order valence-electron chi connectivity index (χ4n) is 3.35. The van der Waals surface area contributed by atoms with Gasteiger partial charge in [0.1, 0.15) is 17.2 Å². The molecule has 1 aliphatic rings. The van der Waals surface area contributed by atoms with E-state index < -0.39 is 0 Å². The Kier molecular flexibility index (Phi) is 5.74. The van der Waals surface area contributed by atoms with Crippen LogP contribution in [0, 0.1) is 6.92 Å². The van der Waals surface area contributed by atoms with Crippen molar-refractivity contribution in [2.24, 2.45) is 0 Å². The summed E-state index contributed by atoms with van der Waals surface area (Å²) in [6, 6.07) is 11.6. The summed E-state index contributed by atoms with van der Waals surface area (Å²) < 4.78 is 16.0. The molecule has 1 saturated heterocycles. The van der Waals surface area contributed by atoms with Crippen LogP contribution in [0.5, 0.6) is 17.2 Å². The normalized spacial score (nSPS) is 14.1. The van der Waals surface area contributed by atoms with Crippen molar-refractivity contribution >= 4 is 11.6 Å². The van der Waals surface area contributed by atoms with Crippen molar-refractivity contribution in [3.63, 3.8) is 0 Å². The van der Waals surface area contributed by atoms with Gasteiger partial charge in [0.25, 0.3) is 5.91 Å². The molecule has 0 saturated carbocycles.